The second kappa shape index (κ2) is 12.9. The molecular weight excluding hydrogens is 711 g/mol. The number of furan rings is 1. The van der Waals surface area contributed by atoms with Gasteiger partial charge in [0.25, 0.3) is 15.9 Å². The van der Waals surface area contributed by atoms with Gasteiger partial charge < -0.3 is 14.4 Å². The number of carboxylic acid groups (broad SMARTS) is 1. The van der Waals surface area contributed by atoms with Crippen LogP contribution < -0.4 is 4.31 Å². The number of hydrogen-bond donors (Lipinski definition) is 1. The van der Waals surface area contributed by atoms with Gasteiger partial charge in [-0.1, -0.05) is 35.3 Å². The maximum absolute atomic E-state index is 14.1. The van der Waals surface area contributed by atoms with Gasteiger partial charge >= 0.3 is 5.97 Å². The van der Waals surface area contributed by atoms with Crippen LogP contribution in [0.25, 0.3) is 11.0 Å². The van der Waals surface area contributed by atoms with Gasteiger partial charge in [-0.3, -0.25) is 9.10 Å². The monoisotopic (exact) mass is 734 g/mol. The van der Waals surface area contributed by atoms with Crippen LogP contribution in [0.5, 0.6) is 0 Å². The lowest BCUT2D eigenvalue weighted by Crippen LogP contribution is -2.34. The molecule has 5 rings (SSSR count). The molecule has 0 spiro atoms. The van der Waals surface area contributed by atoms with Crippen molar-refractivity contribution in [3.05, 3.63) is 114 Å². The third-order valence-electron chi connectivity index (χ3n) is 7.01. The van der Waals surface area contributed by atoms with E-state index in [0.717, 1.165) is 9.35 Å². The molecule has 13 heteroatoms. The zero-order valence-corrected chi connectivity index (χ0v) is 28.1. The Kier molecular flexibility index (Phi) is 9.43. The minimum Gasteiger partial charge on any atom is -0.475 e. The van der Waals surface area contributed by atoms with E-state index in [9.17, 15) is 23.1 Å². The molecule has 8 nitrogen and oxygen atoms in total. The summed E-state index contributed by atoms with van der Waals surface area (Å²) >= 11 is 17.8. The third kappa shape index (κ3) is 6.38. The highest BCUT2D eigenvalue weighted by Gasteiger charge is 2.29. The van der Waals surface area contributed by atoms with Gasteiger partial charge in [0, 0.05) is 43.8 Å². The lowest BCUT2D eigenvalue weighted by molar-refractivity contribution is 0.0663. The van der Waals surface area contributed by atoms with E-state index < -0.39 is 16.0 Å². The summed E-state index contributed by atoms with van der Waals surface area (Å²) in [6, 6.07) is 17.8. The largest absolute Gasteiger partial charge is 0.475 e. The van der Waals surface area contributed by atoms with Crippen molar-refractivity contribution in [3.63, 3.8) is 0 Å². The van der Waals surface area contributed by atoms with Crippen molar-refractivity contribution < 1.29 is 27.5 Å². The molecule has 0 aliphatic rings. The summed E-state index contributed by atoms with van der Waals surface area (Å²) in [5.74, 6) is -1.81. The van der Waals surface area contributed by atoms with E-state index in [-0.39, 0.29) is 41.8 Å². The molecule has 228 valence electrons. The van der Waals surface area contributed by atoms with E-state index in [1.807, 2.05) is 11.4 Å². The van der Waals surface area contributed by atoms with Crippen LogP contribution in [-0.4, -0.2) is 36.8 Å². The van der Waals surface area contributed by atoms with Gasteiger partial charge in [0.2, 0.25) is 5.76 Å². The normalized spacial score (nSPS) is 11.6. The predicted molar refractivity (Wildman–Crippen MR) is 177 cm³/mol. The van der Waals surface area contributed by atoms with Gasteiger partial charge in [0.05, 0.1) is 27.7 Å². The SMILES string of the molecule is CCN(c1ccc(Cl)cc1CN(Cc1cc(Br)cs1)C(=O)c1ccccc1Cl)S(=O)(=O)c1ccc2oc(C(=O)O)c(C)c2c1. The fourth-order valence-electron chi connectivity index (χ4n) is 4.92. The van der Waals surface area contributed by atoms with Crippen molar-refractivity contribution in [2.75, 3.05) is 10.8 Å². The van der Waals surface area contributed by atoms with Crippen LogP contribution >= 0.6 is 50.5 Å². The number of carbonyl (C=O) groups excluding carboxylic acids is 1. The molecule has 0 saturated carbocycles. The molecule has 0 aliphatic heterocycles. The number of carboxylic acids is 1. The van der Waals surface area contributed by atoms with Crippen molar-refractivity contribution >= 4 is 89.0 Å². The molecule has 0 atom stereocenters. The zero-order valence-electron chi connectivity index (χ0n) is 23.4. The van der Waals surface area contributed by atoms with Crippen LogP contribution in [0.4, 0.5) is 5.69 Å². The summed E-state index contributed by atoms with van der Waals surface area (Å²) in [5.41, 5.74) is 1.76. The van der Waals surface area contributed by atoms with Crippen LogP contribution in [0.15, 0.2) is 85.9 Å². The number of halogens is 3. The molecule has 2 heterocycles. The van der Waals surface area contributed by atoms with Crippen LogP contribution in [0.2, 0.25) is 10.0 Å². The smallest absolute Gasteiger partial charge is 0.372 e. The fraction of sp³-hybridized carbons (Fsp3) is 0.161. The van der Waals surface area contributed by atoms with E-state index in [0.29, 0.717) is 37.8 Å². The number of aromatic carboxylic acids is 1. The molecule has 1 amide bonds. The predicted octanol–water partition coefficient (Wildman–Crippen LogP) is 8.63. The minimum atomic E-state index is -4.16. The third-order valence-corrected chi connectivity index (χ3v) is 11.1. The van der Waals surface area contributed by atoms with Crippen LogP contribution in [-0.2, 0) is 23.1 Å². The number of fused-ring (bicyclic) bond motifs is 1. The van der Waals surface area contributed by atoms with Gasteiger partial charge in [-0.05, 0) is 89.9 Å². The Labute approximate surface area is 276 Å². The number of nitrogens with zero attached hydrogens (tertiary/aromatic N) is 2. The van der Waals surface area contributed by atoms with Crippen molar-refractivity contribution in [3.8, 4) is 0 Å². The highest BCUT2D eigenvalue weighted by Crippen LogP contribution is 2.34. The Hall–Kier alpha value is -3.35. The van der Waals surface area contributed by atoms with Gasteiger partial charge in [-0.25, -0.2) is 13.2 Å². The molecule has 0 radical (unpaired) electrons. The second-order valence-corrected chi connectivity index (χ2v) is 14.5. The molecule has 0 fully saturated rings. The number of hydrogen-bond acceptors (Lipinski definition) is 6. The average molecular weight is 736 g/mol. The summed E-state index contributed by atoms with van der Waals surface area (Å²) in [6.45, 7) is 3.61. The van der Waals surface area contributed by atoms with E-state index in [2.05, 4.69) is 15.9 Å². The Balaban J connectivity index is 1.57. The molecule has 3 aromatic carbocycles. The van der Waals surface area contributed by atoms with Gasteiger partial charge in [0.15, 0.2) is 0 Å². The topological polar surface area (TPSA) is 108 Å². The van der Waals surface area contributed by atoms with Crippen molar-refractivity contribution in [1.82, 2.24) is 4.90 Å². The Bertz CT molecular complexity index is 2010. The number of rotatable bonds is 10. The van der Waals surface area contributed by atoms with Crippen molar-refractivity contribution in [1.29, 1.82) is 0 Å². The zero-order chi connectivity index (χ0) is 31.8. The highest BCUT2D eigenvalue weighted by atomic mass is 79.9. The minimum absolute atomic E-state index is 0.0311. The lowest BCUT2D eigenvalue weighted by Gasteiger charge is -2.29. The lowest BCUT2D eigenvalue weighted by atomic mass is 10.1. The number of thiophene rings is 1. The summed E-state index contributed by atoms with van der Waals surface area (Å²) in [6.07, 6.45) is 0. The summed E-state index contributed by atoms with van der Waals surface area (Å²) in [7, 11) is -4.16. The molecule has 2 aromatic heterocycles. The molecule has 0 saturated heterocycles. The van der Waals surface area contributed by atoms with Gasteiger partial charge in [-0.15, -0.1) is 11.3 Å². The Morgan fingerprint density at radius 3 is 2.43 bits per heavy atom. The standard InChI is InChI=1S/C31H25BrCl2N2O6S2/c1-3-36(44(40,41)23-9-11-28-25(14-23)18(2)29(42-28)31(38)39)27-10-8-21(33)12-19(27)15-35(16-22-13-20(32)17-43-22)30(37)24-6-4-5-7-26(24)34/h4-14,17H,3,15-16H2,1-2H3,(H,38,39). The first-order valence-electron chi connectivity index (χ1n) is 13.2. The second-order valence-electron chi connectivity index (χ2n) is 9.83. The molecule has 5 aromatic rings. The number of aryl methyl sites for hydroxylation is 1. The van der Waals surface area contributed by atoms with Crippen molar-refractivity contribution in [2.24, 2.45) is 0 Å². The number of amides is 1. The van der Waals surface area contributed by atoms with Crippen LogP contribution in [0.1, 0.15) is 43.8 Å². The first-order chi connectivity index (χ1) is 20.9. The Morgan fingerprint density at radius 2 is 1.77 bits per heavy atom. The first-order valence-corrected chi connectivity index (χ1v) is 17.1. The van der Waals surface area contributed by atoms with E-state index in [1.54, 1.807) is 61.2 Å². The van der Waals surface area contributed by atoms with E-state index in [4.69, 9.17) is 27.6 Å². The van der Waals surface area contributed by atoms with Gasteiger partial charge in [-0.2, -0.15) is 0 Å². The van der Waals surface area contributed by atoms with Crippen LogP contribution in [0, 0.1) is 6.92 Å². The maximum atomic E-state index is 14.1. The summed E-state index contributed by atoms with van der Waals surface area (Å²) < 4.78 is 35.8. The summed E-state index contributed by atoms with van der Waals surface area (Å²) in [4.78, 5) is 27.9. The number of benzene rings is 3. The number of anilines is 1. The molecule has 1 N–H and O–H groups in total. The van der Waals surface area contributed by atoms with Crippen molar-refractivity contribution in [2.45, 2.75) is 31.8 Å². The number of carbonyl (C=O) groups is 2. The highest BCUT2D eigenvalue weighted by molar-refractivity contribution is 9.10. The molecule has 0 unspecified atom stereocenters. The number of sulfonamides is 1. The first kappa shape index (κ1) is 32.1. The Morgan fingerprint density at radius 1 is 1.02 bits per heavy atom. The molecule has 44 heavy (non-hydrogen) atoms. The fourth-order valence-corrected chi connectivity index (χ4v) is 8.34. The van der Waals surface area contributed by atoms with Crippen LogP contribution in [0.3, 0.4) is 0 Å². The van der Waals surface area contributed by atoms with E-state index in [1.165, 1.54) is 33.8 Å². The van der Waals surface area contributed by atoms with Gasteiger partial charge in [0.1, 0.15) is 5.58 Å². The average Bonchev–Trinajstić information content (AvgIpc) is 3.55. The molecule has 0 aliphatic carbocycles. The van der Waals surface area contributed by atoms with E-state index >= 15 is 0 Å². The maximum Gasteiger partial charge on any atom is 0.372 e. The quantitative estimate of drug-likeness (QED) is 0.154. The molecule has 0 bridgehead atoms. The summed E-state index contributed by atoms with van der Waals surface area (Å²) in [5, 5.41) is 12.4. The molecular formula is C31H25BrCl2N2O6S2.